The Bertz CT molecular complexity index is 279. The molecule has 0 bridgehead atoms. The van der Waals surface area contributed by atoms with E-state index >= 15 is 0 Å². The number of amides is 2. The predicted octanol–water partition coefficient (Wildman–Crippen LogP) is -0.593. The summed E-state index contributed by atoms with van der Waals surface area (Å²) in [6, 6.07) is 0. The predicted molar refractivity (Wildman–Crippen MR) is 67.4 cm³/mol. The summed E-state index contributed by atoms with van der Waals surface area (Å²) in [6.07, 6.45) is 4.29. The van der Waals surface area contributed by atoms with Gasteiger partial charge in [0.25, 0.3) is 0 Å². The molecule has 2 amide bonds. The van der Waals surface area contributed by atoms with Gasteiger partial charge in [-0.25, -0.2) is 5.01 Å². The second-order valence-corrected chi connectivity index (χ2v) is 5.08. The fourth-order valence-corrected chi connectivity index (χ4v) is 2.54. The number of hydrogen-bond donors (Lipinski definition) is 1. The third kappa shape index (κ3) is 3.43. The molecule has 0 aromatic heterocycles. The van der Waals surface area contributed by atoms with Gasteiger partial charge >= 0.3 is 0 Å². The van der Waals surface area contributed by atoms with Crippen LogP contribution in [0.5, 0.6) is 0 Å². The van der Waals surface area contributed by atoms with Crippen molar-refractivity contribution in [1.82, 2.24) is 14.8 Å². The normalized spacial score (nSPS) is 19.9. The average molecular weight is 254 g/mol. The van der Waals surface area contributed by atoms with E-state index in [2.05, 4.69) is 0 Å². The average Bonchev–Trinajstić information content (AvgIpc) is 3.02. The van der Waals surface area contributed by atoms with E-state index in [9.17, 15) is 9.59 Å². The van der Waals surface area contributed by atoms with Gasteiger partial charge in [0.1, 0.15) is 0 Å². The van der Waals surface area contributed by atoms with E-state index in [0.717, 1.165) is 51.9 Å². The molecule has 2 N–H and O–H groups in total. The van der Waals surface area contributed by atoms with Crippen LogP contribution < -0.4 is 5.84 Å². The Morgan fingerprint density at radius 1 is 0.833 bits per heavy atom. The van der Waals surface area contributed by atoms with Crippen molar-refractivity contribution in [3.63, 3.8) is 0 Å². The van der Waals surface area contributed by atoms with Crippen LogP contribution in [-0.2, 0) is 9.59 Å². The molecule has 102 valence electrons. The van der Waals surface area contributed by atoms with Crippen molar-refractivity contribution in [2.75, 3.05) is 39.3 Å². The van der Waals surface area contributed by atoms with Gasteiger partial charge in [-0.05, 0) is 25.7 Å². The summed E-state index contributed by atoms with van der Waals surface area (Å²) in [4.78, 5) is 27.3. The molecule has 6 heteroatoms. The smallest absolute Gasteiger partial charge is 0.238 e. The number of carbonyl (C=O) groups excluding carboxylic acids is 2. The lowest BCUT2D eigenvalue weighted by molar-refractivity contribution is -0.134. The van der Waals surface area contributed by atoms with Crippen molar-refractivity contribution in [3.8, 4) is 0 Å². The molecule has 18 heavy (non-hydrogen) atoms. The van der Waals surface area contributed by atoms with Crippen LogP contribution in [0.15, 0.2) is 0 Å². The number of nitrogens with two attached hydrogens (primary N) is 1. The molecule has 0 aromatic rings. The van der Waals surface area contributed by atoms with Crippen LogP contribution in [-0.4, -0.2) is 65.9 Å². The summed E-state index contributed by atoms with van der Waals surface area (Å²) in [7, 11) is 0. The third-order valence-corrected chi connectivity index (χ3v) is 3.59. The number of rotatable bonds is 4. The van der Waals surface area contributed by atoms with E-state index < -0.39 is 0 Å². The highest BCUT2D eigenvalue weighted by molar-refractivity contribution is 5.81. The first-order valence-corrected chi connectivity index (χ1v) is 6.72. The SMILES string of the molecule is NN(CC(=O)N1CCCC1)CC(=O)N1CCCC1. The number of likely N-dealkylation sites (tertiary alicyclic amines) is 2. The standard InChI is InChI=1S/C12H22N4O2/c13-16(9-11(17)14-5-1-2-6-14)10-12(18)15-7-3-4-8-15/h1-10,13H2. The maximum atomic E-state index is 11.8. The molecule has 0 saturated carbocycles. The molecule has 0 atom stereocenters. The molecular formula is C12H22N4O2. The second kappa shape index (κ2) is 6.15. The number of hydrogen-bond acceptors (Lipinski definition) is 4. The van der Waals surface area contributed by atoms with Crippen LogP contribution in [0.2, 0.25) is 0 Å². The van der Waals surface area contributed by atoms with Gasteiger partial charge in [0.15, 0.2) is 0 Å². The Labute approximate surface area is 108 Å². The fourth-order valence-electron chi connectivity index (χ4n) is 2.54. The van der Waals surface area contributed by atoms with Gasteiger partial charge in [0.05, 0.1) is 13.1 Å². The molecule has 2 aliphatic rings. The zero-order valence-corrected chi connectivity index (χ0v) is 10.8. The van der Waals surface area contributed by atoms with Crippen LogP contribution in [0.25, 0.3) is 0 Å². The van der Waals surface area contributed by atoms with Crippen LogP contribution in [0.3, 0.4) is 0 Å². The van der Waals surface area contributed by atoms with E-state index in [-0.39, 0.29) is 24.9 Å². The summed E-state index contributed by atoms with van der Waals surface area (Å²) in [5, 5.41) is 1.33. The fraction of sp³-hybridized carbons (Fsp3) is 0.833. The topological polar surface area (TPSA) is 69.9 Å². The van der Waals surface area contributed by atoms with Crippen molar-refractivity contribution in [1.29, 1.82) is 0 Å². The number of nitrogens with zero attached hydrogens (tertiary/aromatic N) is 3. The first-order valence-electron chi connectivity index (χ1n) is 6.72. The highest BCUT2D eigenvalue weighted by Gasteiger charge is 2.23. The second-order valence-electron chi connectivity index (χ2n) is 5.08. The van der Waals surface area contributed by atoms with Crippen molar-refractivity contribution < 1.29 is 9.59 Å². The van der Waals surface area contributed by atoms with Crippen molar-refractivity contribution >= 4 is 11.8 Å². The van der Waals surface area contributed by atoms with Crippen molar-refractivity contribution in [3.05, 3.63) is 0 Å². The molecular weight excluding hydrogens is 232 g/mol. The lowest BCUT2D eigenvalue weighted by Gasteiger charge is -2.22. The largest absolute Gasteiger partial charge is 0.342 e. The van der Waals surface area contributed by atoms with Gasteiger partial charge in [-0.15, -0.1) is 0 Å². The minimum absolute atomic E-state index is 0.0317. The van der Waals surface area contributed by atoms with Gasteiger partial charge in [0.2, 0.25) is 11.8 Å². The van der Waals surface area contributed by atoms with Gasteiger partial charge in [0, 0.05) is 26.2 Å². The summed E-state index contributed by atoms with van der Waals surface area (Å²) in [6.45, 7) is 3.58. The Morgan fingerprint density at radius 2 is 1.17 bits per heavy atom. The molecule has 0 aromatic carbocycles. The summed E-state index contributed by atoms with van der Waals surface area (Å²) >= 11 is 0. The molecule has 0 unspecified atom stereocenters. The molecule has 2 aliphatic heterocycles. The van der Waals surface area contributed by atoms with Crippen LogP contribution in [0.4, 0.5) is 0 Å². The molecule has 0 radical (unpaired) electrons. The number of hydrazine groups is 1. The van der Waals surface area contributed by atoms with Crippen molar-refractivity contribution in [2.45, 2.75) is 25.7 Å². The first kappa shape index (κ1) is 13.3. The maximum absolute atomic E-state index is 11.8. The zero-order chi connectivity index (χ0) is 13.0. The molecule has 2 heterocycles. The van der Waals surface area contributed by atoms with Gasteiger partial charge < -0.3 is 9.80 Å². The van der Waals surface area contributed by atoms with Gasteiger partial charge in [-0.3, -0.25) is 15.4 Å². The minimum Gasteiger partial charge on any atom is -0.342 e. The van der Waals surface area contributed by atoms with Gasteiger partial charge in [-0.1, -0.05) is 0 Å². The van der Waals surface area contributed by atoms with E-state index in [4.69, 9.17) is 5.84 Å². The molecule has 2 saturated heterocycles. The van der Waals surface area contributed by atoms with Crippen LogP contribution in [0, 0.1) is 0 Å². The highest BCUT2D eigenvalue weighted by Crippen LogP contribution is 2.09. The van der Waals surface area contributed by atoms with Crippen molar-refractivity contribution in [2.24, 2.45) is 5.84 Å². The van der Waals surface area contributed by atoms with E-state index in [1.807, 2.05) is 9.80 Å². The quantitative estimate of drug-likeness (QED) is 0.537. The summed E-state index contributed by atoms with van der Waals surface area (Å²) in [5.74, 6) is 5.81. The summed E-state index contributed by atoms with van der Waals surface area (Å²) < 4.78 is 0. The lowest BCUT2D eigenvalue weighted by Crippen LogP contribution is -2.47. The van der Waals surface area contributed by atoms with E-state index in [1.165, 1.54) is 5.01 Å². The minimum atomic E-state index is 0.0317. The third-order valence-electron chi connectivity index (χ3n) is 3.59. The Hall–Kier alpha value is -1.14. The molecule has 6 nitrogen and oxygen atoms in total. The Morgan fingerprint density at radius 3 is 1.50 bits per heavy atom. The molecule has 2 fully saturated rings. The van der Waals surface area contributed by atoms with E-state index in [1.54, 1.807) is 0 Å². The maximum Gasteiger partial charge on any atom is 0.238 e. The molecule has 0 aliphatic carbocycles. The number of carbonyl (C=O) groups is 2. The monoisotopic (exact) mass is 254 g/mol. The van der Waals surface area contributed by atoms with E-state index in [0.29, 0.717) is 0 Å². The lowest BCUT2D eigenvalue weighted by atomic mass is 10.4. The first-order chi connectivity index (χ1) is 8.66. The van der Waals surface area contributed by atoms with Crippen LogP contribution in [0.1, 0.15) is 25.7 Å². The summed E-state index contributed by atoms with van der Waals surface area (Å²) in [5.41, 5.74) is 0. The van der Waals surface area contributed by atoms with Gasteiger partial charge in [-0.2, -0.15) is 0 Å². The zero-order valence-electron chi connectivity index (χ0n) is 10.8. The Balaban J connectivity index is 1.71. The molecule has 0 spiro atoms. The highest BCUT2D eigenvalue weighted by atomic mass is 16.2. The van der Waals surface area contributed by atoms with Crippen LogP contribution >= 0.6 is 0 Å². The Kier molecular flexibility index (Phi) is 4.54. The molecule has 2 rings (SSSR count).